The number of rotatable bonds is 13. The van der Waals surface area contributed by atoms with E-state index in [9.17, 15) is 13.2 Å². The summed E-state index contributed by atoms with van der Waals surface area (Å²) in [5.41, 5.74) is 8.74. The van der Waals surface area contributed by atoms with Crippen LogP contribution in [0.15, 0.2) is 64.2 Å². The molecule has 196 valence electrons. The molecular formula is C27H30ClN3O4S2. The maximum Gasteiger partial charge on any atom is 0.244 e. The lowest BCUT2D eigenvalue weighted by atomic mass is 10.1. The standard InChI is InChI=1S/C27H30ClN3O4S2/c1-3-13-30-37(33,34)24-8-5-20(6-9-24)11-14-31(27(32)26(29)21-12-16-36-19-21)18-22-17-23(28)7-10-25(22)35-15-4-2/h1,5-10,12,16-17,19,26,30H,4,11,13-15,18,29H2,2H3/t26-/m0/s1. The van der Waals surface area contributed by atoms with Crippen LogP contribution in [0.4, 0.5) is 0 Å². The molecule has 1 heterocycles. The Labute approximate surface area is 227 Å². The number of hydrogen-bond acceptors (Lipinski definition) is 6. The summed E-state index contributed by atoms with van der Waals surface area (Å²) in [6.07, 6.45) is 6.48. The second-order valence-corrected chi connectivity index (χ2v) is 11.3. The van der Waals surface area contributed by atoms with Crippen LogP contribution in [0, 0.1) is 12.3 Å². The number of sulfonamides is 1. The highest BCUT2D eigenvalue weighted by atomic mass is 35.5. The van der Waals surface area contributed by atoms with Crippen LogP contribution in [-0.4, -0.2) is 38.9 Å². The molecule has 0 aliphatic carbocycles. The first-order valence-electron chi connectivity index (χ1n) is 11.7. The quantitative estimate of drug-likeness (QED) is 0.303. The molecule has 1 aromatic heterocycles. The number of benzene rings is 2. The highest BCUT2D eigenvalue weighted by molar-refractivity contribution is 7.89. The lowest BCUT2D eigenvalue weighted by Gasteiger charge is -2.27. The molecule has 7 nitrogen and oxygen atoms in total. The third-order valence-corrected chi connectivity index (χ3v) is 7.95. The normalized spacial score (nSPS) is 12.1. The fraction of sp³-hybridized carbons (Fsp3) is 0.296. The molecule has 0 saturated carbocycles. The number of nitrogens with zero attached hydrogens (tertiary/aromatic N) is 1. The van der Waals surface area contributed by atoms with Gasteiger partial charge in [0.2, 0.25) is 15.9 Å². The molecule has 10 heteroatoms. The Hall–Kier alpha value is -2.87. The van der Waals surface area contributed by atoms with Gasteiger partial charge in [0.1, 0.15) is 11.8 Å². The summed E-state index contributed by atoms with van der Waals surface area (Å²) in [5, 5.41) is 4.29. The van der Waals surface area contributed by atoms with Crippen molar-refractivity contribution in [3.05, 3.63) is 81.0 Å². The molecule has 0 aliphatic heterocycles. The predicted octanol–water partition coefficient (Wildman–Crippen LogP) is 4.37. The van der Waals surface area contributed by atoms with E-state index in [0.717, 1.165) is 23.1 Å². The van der Waals surface area contributed by atoms with E-state index in [4.69, 9.17) is 28.5 Å². The smallest absolute Gasteiger partial charge is 0.244 e. The maximum atomic E-state index is 13.5. The number of nitrogens with two attached hydrogens (primary N) is 1. The number of terminal acetylenes is 1. The second kappa shape index (κ2) is 13.6. The summed E-state index contributed by atoms with van der Waals surface area (Å²) in [6, 6.07) is 12.9. The zero-order chi connectivity index (χ0) is 26.8. The van der Waals surface area contributed by atoms with Crippen LogP contribution >= 0.6 is 22.9 Å². The van der Waals surface area contributed by atoms with Crippen molar-refractivity contribution >= 4 is 38.9 Å². The molecule has 2 aromatic carbocycles. The number of ether oxygens (including phenoxy) is 1. The third kappa shape index (κ3) is 8.06. The topological polar surface area (TPSA) is 102 Å². The Morgan fingerprint density at radius 3 is 2.65 bits per heavy atom. The molecule has 0 fully saturated rings. The van der Waals surface area contributed by atoms with Crippen LogP contribution in [0.25, 0.3) is 0 Å². The zero-order valence-electron chi connectivity index (χ0n) is 20.5. The van der Waals surface area contributed by atoms with Crippen molar-refractivity contribution in [2.75, 3.05) is 19.7 Å². The molecular weight excluding hydrogens is 530 g/mol. The van der Waals surface area contributed by atoms with Crippen molar-refractivity contribution in [2.24, 2.45) is 5.73 Å². The van der Waals surface area contributed by atoms with Crippen molar-refractivity contribution in [1.29, 1.82) is 0 Å². The minimum atomic E-state index is -3.68. The van der Waals surface area contributed by atoms with Crippen LogP contribution < -0.4 is 15.2 Å². The van der Waals surface area contributed by atoms with Gasteiger partial charge in [-0.1, -0.05) is 36.6 Å². The molecule has 3 aromatic rings. The number of halogens is 1. The summed E-state index contributed by atoms with van der Waals surface area (Å²) >= 11 is 7.75. The highest BCUT2D eigenvalue weighted by Gasteiger charge is 2.24. The Kier molecular flexibility index (Phi) is 10.6. The summed E-state index contributed by atoms with van der Waals surface area (Å²) in [4.78, 5) is 15.3. The summed E-state index contributed by atoms with van der Waals surface area (Å²) < 4.78 is 32.8. The highest BCUT2D eigenvalue weighted by Crippen LogP contribution is 2.26. The van der Waals surface area contributed by atoms with E-state index in [1.54, 1.807) is 29.2 Å². The van der Waals surface area contributed by atoms with E-state index in [1.807, 2.05) is 29.8 Å². The van der Waals surface area contributed by atoms with Gasteiger partial charge in [0, 0.05) is 23.7 Å². The van der Waals surface area contributed by atoms with Gasteiger partial charge in [-0.3, -0.25) is 4.79 Å². The Morgan fingerprint density at radius 2 is 2.00 bits per heavy atom. The zero-order valence-corrected chi connectivity index (χ0v) is 22.9. The van der Waals surface area contributed by atoms with Gasteiger partial charge in [-0.05, 0) is 71.1 Å². The summed E-state index contributed by atoms with van der Waals surface area (Å²) in [6.45, 7) is 3.10. The predicted molar refractivity (Wildman–Crippen MR) is 148 cm³/mol. The molecule has 37 heavy (non-hydrogen) atoms. The number of hydrogen-bond donors (Lipinski definition) is 2. The van der Waals surface area contributed by atoms with Gasteiger partial charge in [-0.15, -0.1) is 6.42 Å². The van der Waals surface area contributed by atoms with Crippen LogP contribution in [0.3, 0.4) is 0 Å². The number of carbonyl (C=O) groups is 1. The number of thiophene rings is 1. The van der Waals surface area contributed by atoms with E-state index in [-0.39, 0.29) is 23.9 Å². The van der Waals surface area contributed by atoms with Crippen LogP contribution in [0.1, 0.15) is 36.1 Å². The van der Waals surface area contributed by atoms with Gasteiger partial charge < -0.3 is 15.4 Å². The largest absolute Gasteiger partial charge is 0.493 e. The summed E-state index contributed by atoms with van der Waals surface area (Å²) in [5.74, 6) is 2.70. The Bertz CT molecular complexity index is 1320. The van der Waals surface area contributed by atoms with Gasteiger partial charge in [-0.2, -0.15) is 16.1 Å². The summed E-state index contributed by atoms with van der Waals surface area (Å²) in [7, 11) is -3.68. The van der Waals surface area contributed by atoms with E-state index in [0.29, 0.717) is 30.3 Å². The van der Waals surface area contributed by atoms with Crippen LogP contribution in [0.2, 0.25) is 5.02 Å². The fourth-order valence-corrected chi connectivity index (χ4v) is 5.43. The molecule has 0 aliphatic rings. The first kappa shape index (κ1) is 28.7. The van der Waals surface area contributed by atoms with Crippen LogP contribution in [-0.2, 0) is 27.8 Å². The molecule has 0 bridgehead atoms. The van der Waals surface area contributed by atoms with E-state index >= 15 is 0 Å². The van der Waals surface area contributed by atoms with Gasteiger partial charge in [0.25, 0.3) is 0 Å². The van der Waals surface area contributed by atoms with Crippen molar-refractivity contribution in [3.8, 4) is 18.1 Å². The average molecular weight is 560 g/mol. The maximum absolute atomic E-state index is 13.5. The SMILES string of the molecule is C#CCNS(=O)(=O)c1ccc(CCN(Cc2cc(Cl)ccc2OCCC)C(=O)[C@@H](N)c2ccsc2)cc1. The van der Waals surface area contributed by atoms with Crippen molar-refractivity contribution in [1.82, 2.24) is 9.62 Å². The Balaban J connectivity index is 1.81. The molecule has 0 unspecified atom stereocenters. The Morgan fingerprint density at radius 1 is 1.24 bits per heavy atom. The number of nitrogens with one attached hydrogen (secondary N) is 1. The number of amides is 1. The molecule has 0 radical (unpaired) electrons. The van der Waals surface area contributed by atoms with Gasteiger partial charge in [0.15, 0.2) is 0 Å². The lowest BCUT2D eigenvalue weighted by Crippen LogP contribution is -2.39. The first-order valence-corrected chi connectivity index (χ1v) is 14.5. The van der Waals surface area contributed by atoms with Crippen molar-refractivity contribution in [2.45, 2.75) is 37.2 Å². The fourth-order valence-electron chi connectivity index (χ4n) is 3.61. The van der Waals surface area contributed by atoms with Gasteiger partial charge >= 0.3 is 0 Å². The molecule has 3 rings (SSSR count). The van der Waals surface area contributed by atoms with E-state index < -0.39 is 16.1 Å². The van der Waals surface area contributed by atoms with E-state index in [1.165, 1.54) is 23.5 Å². The average Bonchev–Trinajstić information content (AvgIpc) is 3.44. The molecule has 0 spiro atoms. The minimum absolute atomic E-state index is 0.0843. The molecule has 3 N–H and O–H groups in total. The van der Waals surface area contributed by atoms with Crippen LogP contribution in [0.5, 0.6) is 5.75 Å². The first-order chi connectivity index (χ1) is 17.7. The molecule has 1 amide bonds. The molecule has 0 saturated heterocycles. The lowest BCUT2D eigenvalue weighted by molar-refractivity contribution is -0.133. The third-order valence-electron chi connectivity index (χ3n) is 5.59. The van der Waals surface area contributed by atoms with Crippen molar-refractivity contribution in [3.63, 3.8) is 0 Å². The van der Waals surface area contributed by atoms with E-state index in [2.05, 4.69) is 10.6 Å². The second-order valence-electron chi connectivity index (χ2n) is 8.32. The van der Waals surface area contributed by atoms with Gasteiger partial charge in [0.05, 0.1) is 18.0 Å². The minimum Gasteiger partial charge on any atom is -0.493 e. The molecule has 1 atom stereocenters. The van der Waals surface area contributed by atoms with Crippen molar-refractivity contribution < 1.29 is 17.9 Å². The number of carbonyl (C=O) groups excluding carboxylic acids is 1. The monoisotopic (exact) mass is 559 g/mol. The van der Waals surface area contributed by atoms with Gasteiger partial charge in [-0.25, -0.2) is 8.42 Å².